The quantitative estimate of drug-likeness (QED) is 0.228. The van der Waals surface area contributed by atoms with Crippen LogP contribution < -0.4 is 11.1 Å². The monoisotopic (exact) mass is 478 g/mol. The molecule has 0 atom stereocenters. The fourth-order valence-electron chi connectivity index (χ4n) is 3.41. The van der Waals surface area contributed by atoms with Gasteiger partial charge in [0.05, 0.1) is 17.8 Å². The molecule has 1 aromatic rings. The van der Waals surface area contributed by atoms with Gasteiger partial charge in [-0.05, 0) is 43.9 Å². The Labute approximate surface area is 197 Å². The molecular weight excluding hydrogens is 449 g/mol. The highest BCUT2D eigenvalue weighted by molar-refractivity contribution is 5.85. The summed E-state index contributed by atoms with van der Waals surface area (Å²) in [6.07, 6.45) is 11.0. The Balaban J connectivity index is 0.000000317. The minimum absolute atomic E-state index is 0.0232. The summed E-state index contributed by atoms with van der Waals surface area (Å²) in [5.41, 5.74) is 4.41. The van der Waals surface area contributed by atoms with E-state index < -0.39 is 11.7 Å². The molecule has 1 aromatic carbocycles. The van der Waals surface area contributed by atoms with Gasteiger partial charge in [-0.25, -0.2) is 4.99 Å². The number of benzene rings is 1. The largest absolute Gasteiger partial charge is 0.416 e. The summed E-state index contributed by atoms with van der Waals surface area (Å²) in [5, 5.41) is 10.2. The second-order valence-electron chi connectivity index (χ2n) is 7.50. The number of carbonyl (C=O) groups is 2. The van der Waals surface area contributed by atoms with E-state index in [0.29, 0.717) is 13.0 Å². The number of guanidine groups is 1. The lowest BCUT2D eigenvalue weighted by atomic mass is 10.2. The smallest absolute Gasteiger partial charge is 0.369 e. The fraction of sp³-hybridized carbons (Fsp3) is 0.478. The van der Waals surface area contributed by atoms with Crippen molar-refractivity contribution in [1.29, 1.82) is 5.26 Å². The second-order valence-corrected chi connectivity index (χ2v) is 7.50. The van der Waals surface area contributed by atoms with Gasteiger partial charge in [-0.2, -0.15) is 18.4 Å². The van der Waals surface area contributed by atoms with Crippen LogP contribution in [0.2, 0.25) is 0 Å². The van der Waals surface area contributed by atoms with Crippen LogP contribution >= 0.6 is 0 Å². The molecule has 3 rings (SSSR count). The molecule has 2 saturated heterocycles. The summed E-state index contributed by atoms with van der Waals surface area (Å²) in [6.45, 7) is 2.82. The maximum atomic E-state index is 12.3. The van der Waals surface area contributed by atoms with Crippen molar-refractivity contribution in [3.63, 3.8) is 0 Å². The lowest BCUT2D eigenvalue weighted by molar-refractivity contribution is -0.139. The first-order valence-electron chi connectivity index (χ1n) is 10.8. The number of rotatable bonds is 3. The first-order valence-corrected chi connectivity index (χ1v) is 10.8. The number of nitriles is 1. The molecule has 0 spiro atoms. The van der Waals surface area contributed by atoms with Crippen LogP contribution in [0.15, 0.2) is 29.3 Å². The third-order valence-electron chi connectivity index (χ3n) is 5.06. The molecule has 2 aliphatic rings. The number of nitrogens with zero attached hydrogens (tertiary/aromatic N) is 4. The molecule has 0 radical (unpaired) electrons. The lowest BCUT2D eigenvalue weighted by Crippen LogP contribution is -2.41. The molecule has 11 heteroatoms. The van der Waals surface area contributed by atoms with Crippen LogP contribution in [-0.2, 0) is 15.8 Å². The number of nitrogens with two attached hydrogens (primary N) is 1. The van der Waals surface area contributed by atoms with Gasteiger partial charge in [0.2, 0.25) is 17.8 Å². The summed E-state index contributed by atoms with van der Waals surface area (Å²) < 4.78 is 36.9. The molecule has 34 heavy (non-hydrogen) atoms. The van der Waals surface area contributed by atoms with Gasteiger partial charge in [0, 0.05) is 26.1 Å². The molecule has 8 nitrogen and oxygen atoms in total. The summed E-state index contributed by atoms with van der Waals surface area (Å²) in [4.78, 5) is 30.8. The average Bonchev–Trinajstić information content (AvgIpc) is 3.27. The Bertz CT molecular complexity index is 902. The summed E-state index contributed by atoms with van der Waals surface area (Å²) in [6, 6.07) is 4.32. The van der Waals surface area contributed by atoms with Gasteiger partial charge in [-0.3, -0.25) is 14.9 Å². The predicted molar refractivity (Wildman–Crippen MR) is 122 cm³/mol. The van der Waals surface area contributed by atoms with Crippen LogP contribution in [0.4, 0.5) is 18.9 Å². The van der Waals surface area contributed by atoms with E-state index in [2.05, 4.69) is 17.8 Å². The number of nitrogens with one attached hydrogen (secondary N) is 1. The Hall–Kier alpha value is -3.73. The van der Waals surface area contributed by atoms with Crippen LogP contribution in [-0.4, -0.2) is 53.8 Å². The Kier molecular flexibility index (Phi) is 12.0. The van der Waals surface area contributed by atoms with Crippen LogP contribution in [0.3, 0.4) is 0 Å². The molecule has 0 aromatic heterocycles. The van der Waals surface area contributed by atoms with Gasteiger partial charge in [-0.1, -0.05) is 12.5 Å². The number of terminal acetylenes is 1. The molecule has 2 amide bonds. The lowest BCUT2D eigenvalue weighted by Gasteiger charge is -2.23. The maximum absolute atomic E-state index is 12.3. The molecule has 184 valence electrons. The number of carbonyl (C=O) groups excluding carboxylic acids is 2. The number of hydrogen-bond acceptors (Lipinski definition) is 4. The van der Waals surface area contributed by atoms with Crippen molar-refractivity contribution in [2.45, 2.75) is 44.7 Å². The molecule has 2 fully saturated rings. The van der Waals surface area contributed by atoms with E-state index in [4.69, 9.17) is 11.0 Å². The van der Waals surface area contributed by atoms with Crippen LogP contribution in [0, 0.1) is 24.3 Å². The van der Waals surface area contributed by atoms with E-state index in [1.807, 2.05) is 10.2 Å². The molecule has 0 saturated carbocycles. The first kappa shape index (κ1) is 28.3. The van der Waals surface area contributed by atoms with E-state index >= 15 is 0 Å². The Morgan fingerprint density at radius 2 is 1.79 bits per heavy atom. The van der Waals surface area contributed by atoms with E-state index in [0.717, 1.165) is 63.9 Å². The minimum Gasteiger partial charge on any atom is -0.369 e. The van der Waals surface area contributed by atoms with Gasteiger partial charge in [-0.15, -0.1) is 12.8 Å². The minimum atomic E-state index is -4.43. The van der Waals surface area contributed by atoms with Gasteiger partial charge in [0.1, 0.15) is 0 Å². The fourth-order valence-corrected chi connectivity index (χ4v) is 3.41. The normalized spacial score (nSPS) is 16.2. The van der Waals surface area contributed by atoms with Crippen LogP contribution in [0.5, 0.6) is 0 Å². The van der Waals surface area contributed by atoms with E-state index in [9.17, 15) is 22.8 Å². The number of alkyl halides is 3. The van der Waals surface area contributed by atoms with E-state index in [1.165, 1.54) is 18.3 Å². The molecule has 0 aliphatic carbocycles. The summed E-state index contributed by atoms with van der Waals surface area (Å²) in [7, 11) is 0. The number of hydrogen-bond donors (Lipinski definition) is 2. The van der Waals surface area contributed by atoms with Gasteiger partial charge in [0.25, 0.3) is 0 Å². The Morgan fingerprint density at radius 1 is 1.15 bits per heavy atom. The van der Waals surface area contributed by atoms with Gasteiger partial charge in [0.15, 0.2) is 6.19 Å². The number of likely N-dealkylation sites (tertiary alicyclic amines) is 2. The molecule has 2 aliphatic heterocycles. The van der Waals surface area contributed by atoms with Crippen molar-refractivity contribution < 1.29 is 22.8 Å². The van der Waals surface area contributed by atoms with Crippen LogP contribution in [0.25, 0.3) is 0 Å². The molecule has 2 heterocycles. The maximum Gasteiger partial charge on any atom is 0.416 e. The highest BCUT2D eigenvalue weighted by atomic mass is 19.4. The third-order valence-corrected chi connectivity index (χ3v) is 5.06. The molecule has 0 bridgehead atoms. The highest BCUT2D eigenvalue weighted by Crippen LogP contribution is 2.31. The molecular formula is C23H29F3N6O2. The highest BCUT2D eigenvalue weighted by Gasteiger charge is 2.30. The number of amides is 2. The van der Waals surface area contributed by atoms with Crippen molar-refractivity contribution in [3.8, 4) is 19.0 Å². The van der Waals surface area contributed by atoms with Gasteiger partial charge >= 0.3 is 6.18 Å². The SMILES string of the molecule is C#C.N#CNC(N)=Nc1cccc(C(F)(F)F)c1.O=C(CN1CCCCCC1=O)N1CCCC1. The van der Waals surface area contributed by atoms with Crippen molar-refractivity contribution >= 4 is 23.5 Å². The first-order chi connectivity index (χ1) is 16.2. The summed E-state index contributed by atoms with van der Waals surface area (Å²) >= 11 is 0. The summed E-state index contributed by atoms with van der Waals surface area (Å²) in [5.74, 6) is 0.0274. The zero-order chi connectivity index (χ0) is 25.6. The van der Waals surface area contributed by atoms with E-state index in [-0.39, 0.29) is 23.5 Å². The molecule has 3 N–H and O–H groups in total. The Morgan fingerprint density at radius 3 is 2.41 bits per heavy atom. The van der Waals surface area contributed by atoms with Gasteiger partial charge < -0.3 is 15.5 Å². The van der Waals surface area contributed by atoms with Crippen molar-refractivity contribution in [2.24, 2.45) is 10.7 Å². The van der Waals surface area contributed by atoms with Crippen molar-refractivity contribution in [3.05, 3.63) is 29.8 Å². The molecule has 0 unspecified atom stereocenters. The second kappa shape index (κ2) is 14.4. The average molecular weight is 479 g/mol. The van der Waals surface area contributed by atoms with Crippen molar-refractivity contribution in [1.82, 2.24) is 15.1 Å². The zero-order valence-electron chi connectivity index (χ0n) is 18.9. The van der Waals surface area contributed by atoms with Crippen molar-refractivity contribution in [2.75, 3.05) is 26.2 Å². The third kappa shape index (κ3) is 9.82. The van der Waals surface area contributed by atoms with E-state index in [1.54, 1.807) is 4.90 Å². The number of aliphatic imine (C=N–C) groups is 1. The van der Waals surface area contributed by atoms with Crippen LogP contribution in [0.1, 0.15) is 44.1 Å². The topological polar surface area (TPSA) is 115 Å². The number of halogens is 3. The zero-order valence-corrected chi connectivity index (χ0v) is 18.9. The standard InChI is InChI=1S/C12H20N2O2.C9H7F3N4.C2H2/c15-11-6-2-1-3-9-14(11)10-12(16)13-7-4-5-8-13;10-9(11,12)6-2-1-3-7(4-6)16-8(14)15-5-13;1-2/h1-10H2;1-4H,(H3,14,15,16);1-2H. The predicted octanol–water partition coefficient (Wildman–Crippen LogP) is 2.98.